The Balaban J connectivity index is 1.53. The second kappa shape index (κ2) is 10.1. The van der Waals surface area contributed by atoms with Crippen LogP contribution >= 0.6 is 0 Å². The highest BCUT2D eigenvalue weighted by Crippen LogP contribution is 2.23. The van der Waals surface area contributed by atoms with Crippen molar-refractivity contribution < 1.29 is 14.3 Å². The van der Waals surface area contributed by atoms with Gasteiger partial charge in [-0.15, -0.1) is 0 Å². The molecule has 28 heavy (non-hydrogen) atoms. The molecule has 2 aromatic carbocycles. The molecule has 0 saturated heterocycles. The second-order valence-electron chi connectivity index (χ2n) is 6.10. The fraction of sp³-hybridized carbons (Fsp3) is 0.182. The summed E-state index contributed by atoms with van der Waals surface area (Å²) in [5, 5.41) is 6.04. The molecule has 0 saturated carbocycles. The summed E-state index contributed by atoms with van der Waals surface area (Å²) < 4.78 is 10.7. The molecular formula is C22H23N3O3. The van der Waals surface area contributed by atoms with Crippen LogP contribution in [0, 0.1) is 0 Å². The first-order valence-electron chi connectivity index (χ1n) is 9.08. The van der Waals surface area contributed by atoms with Gasteiger partial charge in [-0.25, -0.2) is 4.98 Å². The first-order valence-corrected chi connectivity index (χ1v) is 9.08. The number of carbonyl (C=O) groups excluding carboxylic acids is 1. The normalized spacial score (nSPS) is 10.3. The first-order chi connectivity index (χ1) is 13.7. The lowest BCUT2D eigenvalue weighted by Gasteiger charge is -2.09. The van der Waals surface area contributed by atoms with E-state index in [4.69, 9.17) is 9.47 Å². The fourth-order valence-electron chi connectivity index (χ4n) is 2.50. The summed E-state index contributed by atoms with van der Waals surface area (Å²) >= 11 is 0. The molecule has 2 N–H and O–H groups in total. The third-order valence-electron chi connectivity index (χ3n) is 3.94. The van der Waals surface area contributed by atoms with Crippen molar-refractivity contribution in [3.63, 3.8) is 0 Å². The van der Waals surface area contributed by atoms with Gasteiger partial charge in [0.25, 0.3) is 5.91 Å². The monoisotopic (exact) mass is 377 g/mol. The van der Waals surface area contributed by atoms with E-state index >= 15 is 0 Å². The Kier molecular flexibility index (Phi) is 6.98. The van der Waals surface area contributed by atoms with Crippen molar-refractivity contribution in [2.45, 2.75) is 6.42 Å². The fourth-order valence-corrected chi connectivity index (χ4v) is 2.50. The van der Waals surface area contributed by atoms with Gasteiger partial charge in [0.15, 0.2) is 0 Å². The van der Waals surface area contributed by atoms with E-state index in [0.29, 0.717) is 24.5 Å². The molecule has 0 unspecified atom stereocenters. The Bertz CT molecular complexity index is 866. The predicted octanol–water partition coefficient (Wildman–Crippen LogP) is 4.38. The number of ether oxygens (including phenoxy) is 2. The van der Waals surface area contributed by atoms with E-state index < -0.39 is 0 Å². The van der Waals surface area contributed by atoms with Crippen molar-refractivity contribution >= 4 is 17.4 Å². The molecule has 0 aliphatic rings. The van der Waals surface area contributed by atoms with E-state index in [-0.39, 0.29) is 5.91 Å². The van der Waals surface area contributed by atoms with Crippen molar-refractivity contribution in [3.8, 4) is 11.5 Å². The predicted molar refractivity (Wildman–Crippen MR) is 109 cm³/mol. The molecule has 144 valence electrons. The van der Waals surface area contributed by atoms with Crippen LogP contribution in [0.5, 0.6) is 11.5 Å². The number of methoxy groups -OCH3 is 1. The zero-order valence-electron chi connectivity index (χ0n) is 15.7. The van der Waals surface area contributed by atoms with Crippen LogP contribution in [0.25, 0.3) is 0 Å². The zero-order valence-corrected chi connectivity index (χ0v) is 15.7. The summed E-state index contributed by atoms with van der Waals surface area (Å²) in [6.45, 7) is 1.20. The molecule has 3 aromatic rings. The summed E-state index contributed by atoms with van der Waals surface area (Å²) in [5.74, 6) is 2.07. The number of carbonyl (C=O) groups is 1. The van der Waals surface area contributed by atoms with Crippen LogP contribution in [0.15, 0.2) is 72.9 Å². The minimum Gasteiger partial charge on any atom is -0.457 e. The third kappa shape index (κ3) is 5.82. The molecule has 0 atom stereocenters. The third-order valence-corrected chi connectivity index (χ3v) is 3.94. The maximum Gasteiger partial charge on any atom is 0.252 e. The Morgan fingerprint density at radius 1 is 0.964 bits per heavy atom. The van der Waals surface area contributed by atoms with Gasteiger partial charge in [0.2, 0.25) is 0 Å². The number of hydrogen-bond donors (Lipinski definition) is 2. The number of pyridine rings is 1. The lowest BCUT2D eigenvalue weighted by Crippen LogP contribution is -2.25. The molecule has 0 radical (unpaired) electrons. The number of amides is 1. The van der Waals surface area contributed by atoms with Crippen LogP contribution in [0.3, 0.4) is 0 Å². The Labute approximate surface area is 164 Å². The van der Waals surface area contributed by atoms with Crippen LogP contribution in [-0.4, -0.2) is 31.2 Å². The summed E-state index contributed by atoms with van der Waals surface area (Å²) in [4.78, 5) is 16.3. The summed E-state index contributed by atoms with van der Waals surface area (Å²) in [6, 6.07) is 20.7. The van der Waals surface area contributed by atoms with E-state index in [1.807, 2.05) is 54.6 Å². The minimum atomic E-state index is -0.141. The summed E-state index contributed by atoms with van der Waals surface area (Å²) in [7, 11) is 1.64. The lowest BCUT2D eigenvalue weighted by molar-refractivity contribution is 0.0948. The number of anilines is 2. The van der Waals surface area contributed by atoms with Crippen LogP contribution in [0.2, 0.25) is 0 Å². The Hall–Kier alpha value is -3.38. The van der Waals surface area contributed by atoms with Gasteiger partial charge in [-0.05, 0) is 55.0 Å². The highest BCUT2D eigenvalue weighted by atomic mass is 16.5. The van der Waals surface area contributed by atoms with Crippen LogP contribution < -0.4 is 15.4 Å². The van der Waals surface area contributed by atoms with E-state index in [1.165, 1.54) is 0 Å². The van der Waals surface area contributed by atoms with Crippen LogP contribution in [0.1, 0.15) is 16.8 Å². The number of aromatic nitrogens is 1. The van der Waals surface area contributed by atoms with Crippen LogP contribution in [-0.2, 0) is 4.74 Å². The minimum absolute atomic E-state index is 0.141. The summed E-state index contributed by atoms with van der Waals surface area (Å²) in [5.41, 5.74) is 1.40. The van der Waals surface area contributed by atoms with E-state index in [1.54, 1.807) is 25.4 Å². The average molecular weight is 377 g/mol. The molecular weight excluding hydrogens is 354 g/mol. The quantitative estimate of drug-likeness (QED) is 0.541. The largest absolute Gasteiger partial charge is 0.457 e. The molecule has 6 heteroatoms. The molecule has 0 fully saturated rings. The van der Waals surface area contributed by atoms with Crippen molar-refractivity contribution in [2.24, 2.45) is 0 Å². The molecule has 0 spiro atoms. The molecule has 3 rings (SSSR count). The van der Waals surface area contributed by atoms with E-state index in [2.05, 4.69) is 15.6 Å². The molecule has 1 amide bonds. The van der Waals surface area contributed by atoms with Gasteiger partial charge in [-0.3, -0.25) is 4.79 Å². The van der Waals surface area contributed by atoms with Gasteiger partial charge >= 0.3 is 0 Å². The molecule has 6 nitrogen and oxygen atoms in total. The SMILES string of the molecule is COCCCNC(=O)c1ccc(Nc2ccc(Oc3ccccc3)cc2)nc1. The maximum absolute atomic E-state index is 12.0. The van der Waals surface area contributed by atoms with Gasteiger partial charge in [-0.1, -0.05) is 18.2 Å². The molecule has 0 bridgehead atoms. The van der Waals surface area contributed by atoms with E-state index in [9.17, 15) is 4.79 Å². The molecule has 1 aromatic heterocycles. The average Bonchev–Trinajstić information content (AvgIpc) is 2.74. The number of hydrogen-bond acceptors (Lipinski definition) is 5. The number of nitrogens with zero attached hydrogens (tertiary/aromatic N) is 1. The van der Waals surface area contributed by atoms with Gasteiger partial charge in [0.1, 0.15) is 17.3 Å². The number of rotatable bonds is 9. The molecule has 1 heterocycles. The lowest BCUT2D eigenvalue weighted by atomic mass is 10.2. The number of benzene rings is 2. The van der Waals surface area contributed by atoms with Crippen molar-refractivity contribution in [2.75, 3.05) is 25.6 Å². The number of para-hydroxylation sites is 1. The van der Waals surface area contributed by atoms with Crippen molar-refractivity contribution in [3.05, 3.63) is 78.5 Å². The van der Waals surface area contributed by atoms with Gasteiger partial charge in [0.05, 0.1) is 5.56 Å². The maximum atomic E-state index is 12.0. The molecule has 0 aliphatic carbocycles. The standard InChI is InChI=1S/C22H23N3O3/c1-27-15-5-14-23-22(26)17-8-13-21(24-16-17)25-18-9-11-20(12-10-18)28-19-6-3-2-4-7-19/h2-4,6-13,16H,5,14-15H2,1H3,(H,23,26)(H,24,25). The second-order valence-corrected chi connectivity index (χ2v) is 6.10. The van der Waals surface area contributed by atoms with Gasteiger partial charge in [-0.2, -0.15) is 0 Å². The van der Waals surface area contributed by atoms with Crippen molar-refractivity contribution in [1.82, 2.24) is 10.3 Å². The highest BCUT2D eigenvalue weighted by molar-refractivity contribution is 5.94. The topological polar surface area (TPSA) is 72.5 Å². The Morgan fingerprint density at radius 2 is 1.71 bits per heavy atom. The van der Waals surface area contributed by atoms with E-state index in [0.717, 1.165) is 23.6 Å². The van der Waals surface area contributed by atoms with Gasteiger partial charge in [0, 0.05) is 32.1 Å². The van der Waals surface area contributed by atoms with Crippen molar-refractivity contribution in [1.29, 1.82) is 0 Å². The smallest absolute Gasteiger partial charge is 0.252 e. The highest BCUT2D eigenvalue weighted by Gasteiger charge is 2.06. The zero-order chi connectivity index (χ0) is 19.6. The Morgan fingerprint density at radius 3 is 2.39 bits per heavy atom. The summed E-state index contributed by atoms with van der Waals surface area (Å²) in [6.07, 6.45) is 2.33. The number of nitrogens with one attached hydrogen (secondary N) is 2. The van der Waals surface area contributed by atoms with Gasteiger partial charge < -0.3 is 20.1 Å². The molecule has 0 aliphatic heterocycles. The first kappa shape index (κ1) is 19.4. The van der Waals surface area contributed by atoms with Crippen LogP contribution in [0.4, 0.5) is 11.5 Å².